The summed E-state index contributed by atoms with van der Waals surface area (Å²) in [5.74, 6) is -0.724. The van der Waals surface area contributed by atoms with Gasteiger partial charge in [0.2, 0.25) is 0 Å². The molecule has 1 atom stereocenters. The molecule has 0 aliphatic rings. The molecule has 23 heavy (non-hydrogen) atoms. The summed E-state index contributed by atoms with van der Waals surface area (Å²) in [6, 6.07) is 2.36. The Balaban J connectivity index is 2.08. The maximum Gasteiger partial charge on any atom is 0.326 e. The molecule has 2 aromatic heterocycles. The third-order valence-corrected chi connectivity index (χ3v) is 3.60. The van der Waals surface area contributed by atoms with Crippen molar-refractivity contribution in [1.82, 2.24) is 19.9 Å². The van der Waals surface area contributed by atoms with E-state index in [1.54, 1.807) is 36.3 Å². The van der Waals surface area contributed by atoms with Gasteiger partial charge in [-0.25, -0.2) is 9.78 Å². The van der Waals surface area contributed by atoms with Crippen molar-refractivity contribution in [3.63, 3.8) is 0 Å². The van der Waals surface area contributed by atoms with Crippen LogP contribution in [0.5, 0.6) is 0 Å². The van der Waals surface area contributed by atoms with E-state index >= 15 is 0 Å². The third-order valence-electron chi connectivity index (χ3n) is 3.60. The number of aryl methyl sites for hydroxylation is 1. The van der Waals surface area contributed by atoms with Crippen molar-refractivity contribution in [2.75, 3.05) is 0 Å². The van der Waals surface area contributed by atoms with Crippen LogP contribution in [-0.4, -0.2) is 37.6 Å². The highest BCUT2D eigenvalue weighted by Crippen LogP contribution is 2.12. The number of nitrogens with one attached hydrogen (secondary N) is 1. The molecule has 2 heterocycles. The van der Waals surface area contributed by atoms with Gasteiger partial charge in [0.1, 0.15) is 17.6 Å². The predicted octanol–water partition coefficient (Wildman–Crippen LogP) is 1.36. The van der Waals surface area contributed by atoms with Crippen LogP contribution in [0.15, 0.2) is 30.7 Å². The highest BCUT2D eigenvalue weighted by Gasteiger charge is 2.23. The fourth-order valence-corrected chi connectivity index (χ4v) is 2.09. The first-order valence-corrected chi connectivity index (χ1v) is 7.34. The van der Waals surface area contributed by atoms with E-state index in [2.05, 4.69) is 15.3 Å². The number of rotatable bonds is 6. The molecule has 0 radical (unpaired) electrons. The summed E-state index contributed by atoms with van der Waals surface area (Å²) in [5.41, 5.74) is 1.21. The second kappa shape index (κ2) is 7.04. The number of carbonyl (C=O) groups excluding carboxylic acids is 1. The lowest BCUT2D eigenvalue weighted by molar-refractivity contribution is -0.139. The molecular weight excluding hydrogens is 296 g/mol. The van der Waals surface area contributed by atoms with Crippen LogP contribution in [0.1, 0.15) is 41.6 Å². The van der Waals surface area contributed by atoms with Gasteiger partial charge in [0, 0.05) is 32.1 Å². The molecule has 1 unspecified atom stereocenters. The number of carboxylic acid groups (broad SMARTS) is 1. The lowest BCUT2D eigenvalue weighted by atomic mass is 10.1. The average Bonchev–Trinajstić information content (AvgIpc) is 2.91. The van der Waals surface area contributed by atoms with E-state index in [-0.39, 0.29) is 12.1 Å². The van der Waals surface area contributed by atoms with Gasteiger partial charge in [0.05, 0.1) is 0 Å². The highest BCUT2D eigenvalue weighted by molar-refractivity contribution is 5.95. The molecule has 0 aliphatic carbocycles. The van der Waals surface area contributed by atoms with Crippen LogP contribution < -0.4 is 5.32 Å². The van der Waals surface area contributed by atoms with Gasteiger partial charge in [-0.3, -0.25) is 9.78 Å². The summed E-state index contributed by atoms with van der Waals surface area (Å²) in [4.78, 5) is 31.7. The smallest absolute Gasteiger partial charge is 0.326 e. The minimum absolute atomic E-state index is 0.106. The molecule has 7 heteroatoms. The number of carboxylic acids is 1. The number of aliphatic carboxylic acids is 1. The summed E-state index contributed by atoms with van der Waals surface area (Å²) in [7, 11) is 1.77. The number of imidazole rings is 1. The van der Waals surface area contributed by atoms with E-state index < -0.39 is 17.9 Å². The van der Waals surface area contributed by atoms with E-state index in [1.165, 1.54) is 0 Å². The van der Waals surface area contributed by atoms with E-state index in [0.29, 0.717) is 11.7 Å². The molecule has 2 N–H and O–H groups in total. The van der Waals surface area contributed by atoms with Crippen LogP contribution in [0.3, 0.4) is 0 Å². The molecule has 0 aromatic carbocycles. The Morgan fingerprint density at radius 1 is 1.30 bits per heavy atom. The molecular formula is C16H20N4O3. The number of hydrogen-bond donors (Lipinski definition) is 2. The minimum atomic E-state index is -1.11. The Hall–Kier alpha value is -2.70. The van der Waals surface area contributed by atoms with E-state index in [4.69, 9.17) is 0 Å². The Bertz CT molecular complexity index is 692. The maximum atomic E-state index is 12.2. The van der Waals surface area contributed by atoms with E-state index in [9.17, 15) is 14.7 Å². The number of amides is 1. The SMILES string of the molecule is CC(C)c1ccc(C(=O)NC(Cc2nccn2C)C(=O)O)nc1. The lowest BCUT2D eigenvalue weighted by Gasteiger charge is -2.14. The second-order valence-electron chi connectivity index (χ2n) is 5.65. The molecule has 122 valence electrons. The largest absolute Gasteiger partial charge is 0.480 e. The number of pyridine rings is 1. The van der Waals surface area contributed by atoms with Crippen molar-refractivity contribution in [2.45, 2.75) is 32.2 Å². The molecule has 0 fully saturated rings. The number of nitrogens with zero attached hydrogens (tertiary/aromatic N) is 3. The Kier molecular flexibility index (Phi) is 5.10. The summed E-state index contributed by atoms with van der Waals surface area (Å²) in [6.07, 6.45) is 5.05. The highest BCUT2D eigenvalue weighted by atomic mass is 16.4. The predicted molar refractivity (Wildman–Crippen MR) is 84.1 cm³/mol. The Morgan fingerprint density at radius 3 is 2.52 bits per heavy atom. The lowest BCUT2D eigenvalue weighted by Crippen LogP contribution is -2.43. The standard InChI is InChI=1S/C16H20N4O3/c1-10(2)11-4-5-12(18-9-11)15(21)19-13(16(22)23)8-14-17-6-7-20(14)3/h4-7,9-10,13H,8H2,1-3H3,(H,19,21)(H,22,23). The monoisotopic (exact) mass is 316 g/mol. The fourth-order valence-electron chi connectivity index (χ4n) is 2.09. The zero-order valence-corrected chi connectivity index (χ0v) is 13.4. The second-order valence-corrected chi connectivity index (χ2v) is 5.65. The van der Waals surface area contributed by atoms with Crippen LogP contribution in [0, 0.1) is 0 Å². The summed E-state index contributed by atoms with van der Waals surface area (Å²) in [6.45, 7) is 4.06. The van der Waals surface area contributed by atoms with Crippen molar-refractivity contribution >= 4 is 11.9 Å². The van der Waals surface area contributed by atoms with Crippen molar-refractivity contribution in [3.05, 3.63) is 47.8 Å². The summed E-state index contributed by atoms with van der Waals surface area (Å²) in [5, 5.41) is 11.8. The molecule has 2 aromatic rings. The Morgan fingerprint density at radius 2 is 2.04 bits per heavy atom. The number of hydrogen-bond acceptors (Lipinski definition) is 4. The van der Waals surface area contributed by atoms with Gasteiger partial charge in [-0.2, -0.15) is 0 Å². The zero-order valence-electron chi connectivity index (χ0n) is 13.4. The first kappa shape index (κ1) is 16.7. The van der Waals surface area contributed by atoms with Gasteiger partial charge in [0.25, 0.3) is 5.91 Å². The van der Waals surface area contributed by atoms with Crippen molar-refractivity contribution in [1.29, 1.82) is 0 Å². The number of carbonyl (C=O) groups is 2. The van der Waals surface area contributed by atoms with Crippen LogP contribution in [0.25, 0.3) is 0 Å². The number of aromatic nitrogens is 3. The van der Waals surface area contributed by atoms with Crippen LogP contribution in [-0.2, 0) is 18.3 Å². The zero-order chi connectivity index (χ0) is 17.0. The van der Waals surface area contributed by atoms with Gasteiger partial charge in [-0.15, -0.1) is 0 Å². The molecule has 0 spiro atoms. The summed E-state index contributed by atoms with van der Waals surface area (Å²) < 4.78 is 1.72. The maximum absolute atomic E-state index is 12.2. The molecule has 0 saturated carbocycles. The third kappa shape index (κ3) is 4.15. The molecule has 0 bridgehead atoms. The topological polar surface area (TPSA) is 97.1 Å². The van der Waals surface area contributed by atoms with Crippen LogP contribution >= 0.6 is 0 Å². The van der Waals surface area contributed by atoms with E-state index in [1.807, 2.05) is 19.9 Å². The first-order valence-electron chi connectivity index (χ1n) is 7.34. The van der Waals surface area contributed by atoms with Gasteiger partial charge >= 0.3 is 5.97 Å². The first-order chi connectivity index (χ1) is 10.9. The van der Waals surface area contributed by atoms with Crippen molar-refractivity contribution < 1.29 is 14.7 Å². The molecule has 7 nitrogen and oxygen atoms in total. The average molecular weight is 316 g/mol. The van der Waals surface area contributed by atoms with Gasteiger partial charge in [-0.05, 0) is 17.5 Å². The summed E-state index contributed by atoms with van der Waals surface area (Å²) >= 11 is 0. The van der Waals surface area contributed by atoms with E-state index in [0.717, 1.165) is 5.56 Å². The fraction of sp³-hybridized carbons (Fsp3) is 0.375. The molecule has 0 aliphatic heterocycles. The molecule has 0 saturated heterocycles. The van der Waals surface area contributed by atoms with Gasteiger partial charge in [0.15, 0.2) is 0 Å². The Labute approximate surface area is 134 Å². The van der Waals surface area contributed by atoms with Crippen LogP contribution in [0.4, 0.5) is 0 Å². The van der Waals surface area contributed by atoms with Gasteiger partial charge < -0.3 is 15.0 Å². The normalized spacial score (nSPS) is 12.2. The van der Waals surface area contributed by atoms with Crippen LogP contribution in [0.2, 0.25) is 0 Å². The molecule has 1 amide bonds. The minimum Gasteiger partial charge on any atom is -0.480 e. The molecule has 2 rings (SSSR count). The van der Waals surface area contributed by atoms with Crippen molar-refractivity contribution in [3.8, 4) is 0 Å². The van der Waals surface area contributed by atoms with Crippen molar-refractivity contribution in [2.24, 2.45) is 7.05 Å². The quantitative estimate of drug-likeness (QED) is 0.839. The van der Waals surface area contributed by atoms with Gasteiger partial charge in [-0.1, -0.05) is 19.9 Å².